The lowest BCUT2D eigenvalue weighted by Crippen LogP contribution is -2.13. The topological polar surface area (TPSA) is 126 Å². The van der Waals surface area contributed by atoms with Crippen molar-refractivity contribution in [3.8, 4) is 16.9 Å². The Bertz CT molecular complexity index is 1850. The molecule has 4 heterocycles. The molecule has 6 rings (SSSR count). The van der Waals surface area contributed by atoms with E-state index in [2.05, 4.69) is 40.7 Å². The molecule has 12 heteroatoms. The number of aromatic nitrogens is 7. The second kappa shape index (κ2) is 10.6. The van der Waals surface area contributed by atoms with Crippen LogP contribution in [0.5, 0.6) is 0 Å². The lowest BCUT2D eigenvalue weighted by molar-refractivity contribution is 0.102. The van der Waals surface area contributed by atoms with E-state index >= 15 is 0 Å². The Balaban J connectivity index is 1.27. The van der Waals surface area contributed by atoms with Crippen LogP contribution in [-0.4, -0.2) is 46.9 Å². The van der Waals surface area contributed by atoms with Crippen LogP contribution in [0.1, 0.15) is 16.1 Å². The quantitative estimate of drug-likeness (QED) is 0.214. The van der Waals surface area contributed by atoms with E-state index in [1.807, 2.05) is 43.5 Å². The molecule has 0 aliphatic carbocycles. The Morgan fingerprint density at radius 3 is 2.70 bits per heavy atom. The van der Waals surface area contributed by atoms with E-state index in [0.29, 0.717) is 34.1 Å². The SMILES string of the molecule is CSc1cc(C(=O)Nc2ccc(C)c(Nc3ncccc3-c3ncnc4[nH]cnc34)c2)nn1-c1ccc(F)cc1. The average Bonchev–Trinajstić information content (AvgIpc) is 3.63. The third-order valence-corrected chi connectivity index (χ3v) is 6.93. The van der Waals surface area contributed by atoms with Crippen LogP contribution in [0.25, 0.3) is 28.1 Å². The van der Waals surface area contributed by atoms with E-state index in [0.717, 1.165) is 21.8 Å². The standard InChI is InChI=1S/C28H22FN9OS/c1-16-5-8-18(35-28(39)22-13-23(40-2)38(37-22)19-9-6-17(29)7-10-19)12-21(16)36-26-20(4-3-11-30-26)24-25-27(33-14-31-24)34-15-32-25/h3-15H,1-2H3,(H,30,36)(H,35,39)(H,31,32,33,34). The number of imidazole rings is 1. The van der Waals surface area contributed by atoms with Crippen LogP contribution >= 0.6 is 11.8 Å². The second-order valence-electron chi connectivity index (χ2n) is 8.79. The van der Waals surface area contributed by atoms with Gasteiger partial charge in [-0.15, -0.1) is 11.8 Å². The van der Waals surface area contributed by atoms with E-state index < -0.39 is 0 Å². The molecule has 0 fully saturated rings. The molecule has 3 N–H and O–H groups in total. The number of benzene rings is 2. The summed E-state index contributed by atoms with van der Waals surface area (Å²) in [5.41, 5.74) is 5.86. The zero-order valence-electron chi connectivity index (χ0n) is 21.4. The molecule has 0 bridgehead atoms. The highest BCUT2D eigenvalue weighted by Gasteiger charge is 2.17. The molecule has 40 heavy (non-hydrogen) atoms. The van der Waals surface area contributed by atoms with Gasteiger partial charge in [0, 0.05) is 29.2 Å². The number of rotatable bonds is 7. The number of H-pyrrole nitrogens is 1. The van der Waals surface area contributed by atoms with Gasteiger partial charge in [0.05, 0.1) is 12.0 Å². The molecule has 0 unspecified atom stereocenters. The number of hydrogen-bond donors (Lipinski definition) is 3. The van der Waals surface area contributed by atoms with Crippen molar-refractivity contribution >= 4 is 46.0 Å². The molecule has 10 nitrogen and oxygen atoms in total. The summed E-state index contributed by atoms with van der Waals surface area (Å²) >= 11 is 1.44. The van der Waals surface area contributed by atoms with Crippen LogP contribution in [0.4, 0.5) is 21.6 Å². The van der Waals surface area contributed by atoms with Crippen LogP contribution < -0.4 is 10.6 Å². The molecule has 0 aliphatic rings. The summed E-state index contributed by atoms with van der Waals surface area (Å²) < 4.78 is 15.0. The van der Waals surface area contributed by atoms with Crippen LogP contribution in [0, 0.1) is 12.7 Å². The molecular formula is C28H22FN9OS. The first-order valence-electron chi connectivity index (χ1n) is 12.2. The van der Waals surface area contributed by atoms with E-state index in [4.69, 9.17) is 0 Å². The van der Waals surface area contributed by atoms with Crippen molar-refractivity contribution < 1.29 is 9.18 Å². The predicted molar refractivity (Wildman–Crippen MR) is 153 cm³/mol. The number of thioether (sulfide) groups is 1. The van der Waals surface area contributed by atoms with Crippen molar-refractivity contribution in [3.63, 3.8) is 0 Å². The number of nitrogens with zero attached hydrogens (tertiary/aromatic N) is 6. The molecule has 6 aromatic rings. The lowest BCUT2D eigenvalue weighted by atomic mass is 10.1. The smallest absolute Gasteiger partial charge is 0.276 e. The number of anilines is 3. The fourth-order valence-corrected chi connectivity index (χ4v) is 4.75. The van der Waals surface area contributed by atoms with Gasteiger partial charge in [0.15, 0.2) is 11.3 Å². The Hall–Kier alpha value is -5.10. The van der Waals surface area contributed by atoms with Gasteiger partial charge in [-0.25, -0.2) is 29.0 Å². The monoisotopic (exact) mass is 551 g/mol. The molecule has 1 amide bonds. The van der Waals surface area contributed by atoms with E-state index in [1.54, 1.807) is 35.4 Å². The molecule has 0 saturated carbocycles. The maximum absolute atomic E-state index is 13.4. The minimum atomic E-state index is -0.369. The van der Waals surface area contributed by atoms with Crippen LogP contribution in [0.2, 0.25) is 0 Å². The Kier molecular flexibility index (Phi) is 6.66. The molecule has 0 atom stereocenters. The molecule has 2 aromatic carbocycles. The normalized spacial score (nSPS) is 11.1. The summed E-state index contributed by atoms with van der Waals surface area (Å²) in [6.45, 7) is 1.96. The summed E-state index contributed by atoms with van der Waals surface area (Å²) in [7, 11) is 0. The number of carbonyl (C=O) groups is 1. The van der Waals surface area contributed by atoms with Crippen molar-refractivity contribution in [1.29, 1.82) is 0 Å². The zero-order valence-corrected chi connectivity index (χ0v) is 22.2. The van der Waals surface area contributed by atoms with Gasteiger partial charge in [0.2, 0.25) is 0 Å². The first-order valence-corrected chi connectivity index (χ1v) is 13.4. The van der Waals surface area contributed by atoms with Gasteiger partial charge in [-0.2, -0.15) is 5.10 Å². The molecule has 4 aromatic heterocycles. The number of amides is 1. The van der Waals surface area contributed by atoms with E-state index in [-0.39, 0.29) is 17.4 Å². The summed E-state index contributed by atoms with van der Waals surface area (Å²) in [4.78, 5) is 33.7. The van der Waals surface area contributed by atoms with Crippen molar-refractivity contribution in [2.75, 3.05) is 16.9 Å². The molecular weight excluding hydrogens is 529 g/mol. The Labute approximate surface area is 232 Å². The summed E-state index contributed by atoms with van der Waals surface area (Å²) in [5, 5.41) is 11.5. The third-order valence-electron chi connectivity index (χ3n) is 6.22. The van der Waals surface area contributed by atoms with Gasteiger partial charge in [-0.3, -0.25) is 4.79 Å². The fourth-order valence-electron chi connectivity index (χ4n) is 4.20. The highest BCUT2D eigenvalue weighted by atomic mass is 32.2. The minimum Gasteiger partial charge on any atom is -0.339 e. The maximum atomic E-state index is 13.4. The summed E-state index contributed by atoms with van der Waals surface area (Å²) in [6.07, 6.45) is 6.64. The number of nitrogens with one attached hydrogen (secondary N) is 3. The third kappa shape index (κ3) is 4.87. The van der Waals surface area contributed by atoms with Gasteiger partial charge in [-0.05, 0) is 67.3 Å². The molecule has 0 aliphatic heterocycles. The van der Waals surface area contributed by atoms with Crippen molar-refractivity contribution in [2.24, 2.45) is 0 Å². The highest BCUT2D eigenvalue weighted by Crippen LogP contribution is 2.32. The van der Waals surface area contributed by atoms with Crippen LogP contribution in [0.15, 0.2) is 84.5 Å². The number of carbonyl (C=O) groups excluding carboxylic acids is 1. The maximum Gasteiger partial charge on any atom is 0.276 e. The minimum absolute atomic E-state index is 0.238. The van der Waals surface area contributed by atoms with Crippen LogP contribution in [-0.2, 0) is 0 Å². The van der Waals surface area contributed by atoms with E-state index in [1.165, 1.54) is 30.2 Å². The van der Waals surface area contributed by atoms with Gasteiger partial charge >= 0.3 is 0 Å². The van der Waals surface area contributed by atoms with Crippen molar-refractivity contribution in [1.82, 2.24) is 34.7 Å². The number of halogens is 1. The number of hydrogen-bond acceptors (Lipinski definition) is 8. The molecule has 0 radical (unpaired) electrons. The fraction of sp³-hybridized carbons (Fsp3) is 0.0714. The zero-order chi connectivity index (χ0) is 27.6. The Morgan fingerprint density at radius 1 is 1.02 bits per heavy atom. The average molecular weight is 552 g/mol. The number of aryl methyl sites for hydroxylation is 1. The highest BCUT2D eigenvalue weighted by molar-refractivity contribution is 7.98. The van der Waals surface area contributed by atoms with Gasteiger partial charge < -0.3 is 15.6 Å². The van der Waals surface area contributed by atoms with Gasteiger partial charge in [0.25, 0.3) is 5.91 Å². The molecule has 0 spiro atoms. The summed E-state index contributed by atoms with van der Waals surface area (Å²) in [6, 6.07) is 17.0. The summed E-state index contributed by atoms with van der Waals surface area (Å²) in [5.74, 6) is -0.126. The van der Waals surface area contributed by atoms with E-state index in [9.17, 15) is 9.18 Å². The largest absolute Gasteiger partial charge is 0.339 e. The first-order chi connectivity index (χ1) is 19.5. The van der Waals surface area contributed by atoms with Crippen molar-refractivity contribution in [2.45, 2.75) is 11.9 Å². The number of pyridine rings is 1. The van der Waals surface area contributed by atoms with Gasteiger partial charge in [-0.1, -0.05) is 6.07 Å². The van der Waals surface area contributed by atoms with Crippen LogP contribution in [0.3, 0.4) is 0 Å². The second-order valence-corrected chi connectivity index (χ2v) is 9.62. The molecule has 0 saturated heterocycles. The number of fused-ring (bicyclic) bond motifs is 1. The first kappa shape index (κ1) is 25.2. The Morgan fingerprint density at radius 2 is 1.88 bits per heavy atom. The predicted octanol–water partition coefficient (Wildman–Crippen LogP) is 5.77. The lowest BCUT2D eigenvalue weighted by Gasteiger charge is -2.14. The molecule has 198 valence electrons. The van der Waals surface area contributed by atoms with Crippen molar-refractivity contribution in [3.05, 3.63) is 96.6 Å². The van der Waals surface area contributed by atoms with Gasteiger partial charge in [0.1, 0.15) is 34.2 Å². The number of aromatic amines is 1.